The molecule has 8 heteroatoms. The zero-order valence-corrected chi connectivity index (χ0v) is 21.4. The highest BCUT2D eigenvalue weighted by atomic mass is 35.5. The lowest BCUT2D eigenvalue weighted by atomic mass is 9.91. The van der Waals surface area contributed by atoms with Crippen LogP contribution in [0.4, 0.5) is 0 Å². The second kappa shape index (κ2) is 11.4. The molecule has 0 saturated heterocycles. The molecule has 1 aliphatic heterocycles. The fourth-order valence-electron chi connectivity index (χ4n) is 4.34. The number of halogens is 1. The highest BCUT2D eigenvalue weighted by Crippen LogP contribution is 2.32. The van der Waals surface area contributed by atoms with Crippen LogP contribution in [0.15, 0.2) is 34.9 Å². The summed E-state index contributed by atoms with van der Waals surface area (Å²) in [6.45, 7) is 9.40. The number of nitrogens with zero attached hydrogens (tertiary/aromatic N) is 4. The largest absolute Gasteiger partial charge is 0.490 e. The lowest BCUT2D eigenvalue weighted by Gasteiger charge is -2.30. The van der Waals surface area contributed by atoms with Crippen LogP contribution in [-0.2, 0) is 17.8 Å². The van der Waals surface area contributed by atoms with Crippen LogP contribution in [0.25, 0.3) is 22.8 Å². The number of unbranched alkanes of at least 4 members (excludes halogenated alkanes) is 1. The molecule has 4 rings (SSSR count). The van der Waals surface area contributed by atoms with Crippen molar-refractivity contribution in [1.29, 1.82) is 5.26 Å². The Balaban J connectivity index is 0.00000342. The van der Waals surface area contributed by atoms with Crippen LogP contribution in [0.3, 0.4) is 0 Å². The summed E-state index contributed by atoms with van der Waals surface area (Å²) in [5, 5.41) is 13.7. The monoisotopic (exact) mass is 494 g/mol. The Labute approximate surface area is 212 Å². The molecule has 1 amide bonds. The molecule has 0 fully saturated rings. The molecule has 2 heterocycles. The summed E-state index contributed by atoms with van der Waals surface area (Å²) < 4.78 is 11.2. The minimum absolute atomic E-state index is 0. The predicted octanol–water partition coefficient (Wildman–Crippen LogP) is 5.87. The van der Waals surface area contributed by atoms with Gasteiger partial charge in [-0.25, -0.2) is 0 Å². The Morgan fingerprint density at radius 1 is 1.29 bits per heavy atom. The van der Waals surface area contributed by atoms with E-state index in [-0.39, 0.29) is 24.4 Å². The zero-order chi connectivity index (χ0) is 24.2. The van der Waals surface area contributed by atoms with Crippen molar-refractivity contribution in [1.82, 2.24) is 15.0 Å². The van der Waals surface area contributed by atoms with Crippen LogP contribution in [0.5, 0.6) is 5.75 Å². The molecule has 0 bridgehead atoms. The van der Waals surface area contributed by atoms with E-state index in [1.165, 1.54) is 11.1 Å². The van der Waals surface area contributed by atoms with E-state index in [4.69, 9.17) is 9.26 Å². The van der Waals surface area contributed by atoms with Gasteiger partial charge in [0.2, 0.25) is 11.7 Å². The van der Waals surface area contributed by atoms with Gasteiger partial charge in [0.25, 0.3) is 5.89 Å². The van der Waals surface area contributed by atoms with Gasteiger partial charge in [-0.2, -0.15) is 10.2 Å². The summed E-state index contributed by atoms with van der Waals surface area (Å²) in [7, 11) is 0. The first-order chi connectivity index (χ1) is 16.4. The molecule has 1 aromatic heterocycles. The van der Waals surface area contributed by atoms with E-state index in [0.717, 1.165) is 36.9 Å². The van der Waals surface area contributed by atoms with Crippen LogP contribution >= 0.6 is 12.4 Å². The molecular formula is C27H31ClN4O3. The van der Waals surface area contributed by atoms with Crippen LogP contribution in [0.2, 0.25) is 0 Å². The third-order valence-electron chi connectivity index (χ3n) is 6.16. The van der Waals surface area contributed by atoms with Gasteiger partial charge in [0, 0.05) is 30.6 Å². The second-order valence-corrected chi connectivity index (χ2v) is 8.96. The summed E-state index contributed by atoms with van der Waals surface area (Å²) in [5.74, 6) is 1.64. The predicted molar refractivity (Wildman–Crippen MR) is 136 cm³/mol. The van der Waals surface area contributed by atoms with Crippen molar-refractivity contribution in [3.05, 3.63) is 52.6 Å². The van der Waals surface area contributed by atoms with E-state index in [9.17, 15) is 10.1 Å². The summed E-state index contributed by atoms with van der Waals surface area (Å²) in [6.07, 6.45) is 3.37. The first-order valence-corrected chi connectivity index (χ1v) is 11.9. The molecule has 1 aliphatic rings. The van der Waals surface area contributed by atoms with Gasteiger partial charge in [0.15, 0.2) is 0 Å². The van der Waals surface area contributed by atoms with Crippen LogP contribution in [0.1, 0.15) is 62.3 Å². The Morgan fingerprint density at radius 3 is 2.80 bits per heavy atom. The van der Waals surface area contributed by atoms with E-state index < -0.39 is 0 Å². The van der Waals surface area contributed by atoms with E-state index in [0.29, 0.717) is 41.6 Å². The first kappa shape index (κ1) is 26.2. The van der Waals surface area contributed by atoms with Crippen molar-refractivity contribution in [2.45, 2.75) is 66.0 Å². The number of aromatic nitrogens is 2. The Hall–Kier alpha value is -3.37. The van der Waals surface area contributed by atoms with Gasteiger partial charge in [0.1, 0.15) is 11.8 Å². The number of rotatable bonds is 7. The third kappa shape index (κ3) is 5.66. The molecule has 0 radical (unpaired) electrons. The number of benzene rings is 2. The van der Waals surface area contributed by atoms with Crippen molar-refractivity contribution < 1.29 is 14.1 Å². The van der Waals surface area contributed by atoms with Crippen LogP contribution in [-0.4, -0.2) is 33.6 Å². The van der Waals surface area contributed by atoms with Gasteiger partial charge in [-0.3, -0.25) is 4.79 Å². The third-order valence-corrected chi connectivity index (χ3v) is 6.16. The average molecular weight is 495 g/mol. The highest BCUT2D eigenvalue weighted by molar-refractivity contribution is 5.85. The van der Waals surface area contributed by atoms with Crippen molar-refractivity contribution in [2.24, 2.45) is 0 Å². The molecule has 35 heavy (non-hydrogen) atoms. The summed E-state index contributed by atoms with van der Waals surface area (Å²) in [5.41, 5.74) is 5.56. The number of hydrogen-bond acceptors (Lipinski definition) is 6. The summed E-state index contributed by atoms with van der Waals surface area (Å²) in [4.78, 5) is 19.0. The normalized spacial score (nSPS) is 12.6. The molecule has 0 saturated carbocycles. The SMILES string of the molecule is CCCCC(=O)N1CCc2c(ccc(-c3noc(-c4ccc(OC(C)C)c(C#N)c4)n3)c2C)C1.Cl. The first-order valence-electron chi connectivity index (χ1n) is 11.9. The summed E-state index contributed by atoms with van der Waals surface area (Å²) >= 11 is 0. The van der Waals surface area contributed by atoms with Crippen molar-refractivity contribution in [3.8, 4) is 34.7 Å². The molecule has 184 valence electrons. The fourth-order valence-corrected chi connectivity index (χ4v) is 4.34. The lowest BCUT2D eigenvalue weighted by molar-refractivity contribution is -0.132. The van der Waals surface area contributed by atoms with Crippen LogP contribution in [0, 0.1) is 18.3 Å². The standard InChI is InChI=1S/C27H30N4O3.ClH/c1-5-6-7-25(32)31-13-12-22-18(4)23(10-8-20(22)16-31)26-29-27(34-30-26)19-9-11-24(33-17(2)3)21(14-19)15-28;/h8-11,14,17H,5-7,12-13,16H2,1-4H3;1H. The number of carbonyl (C=O) groups excluding carboxylic acids is 1. The smallest absolute Gasteiger partial charge is 0.258 e. The van der Waals surface area contributed by atoms with Gasteiger partial charge in [-0.15, -0.1) is 12.4 Å². The van der Waals surface area contributed by atoms with Crippen molar-refractivity contribution >= 4 is 18.3 Å². The maximum absolute atomic E-state index is 12.5. The number of nitriles is 1. The van der Waals surface area contributed by atoms with Crippen LogP contribution < -0.4 is 4.74 Å². The minimum Gasteiger partial charge on any atom is -0.490 e. The zero-order valence-electron chi connectivity index (χ0n) is 20.6. The highest BCUT2D eigenvalue weighted by Gasteiger charge is 2.24. The molecule has 3 aromatic rings. The van der Waals surface area contributed by atoms with Crippen molar-refractivity contribution in [2.75, 3.05) is 6.54 Å². The number of hydrogen-bond donors (Lipinski definition) is 0. The molecule has 7 nitrogen and oxygen atoms in total. The number of fused-ring (bicyclic) bond motifs is 1. The molecular weight excluding hydrogens is 464 g/mol. The van der Waals surface area contributed by atoms with Gasteiger partial charge >= 0.3 is 0 Å². The lowest BCUT2D eigenvalue weighted by Crippen LogP contribution is -2.36. The van der Waals surface area contributed by atoms with E-state index in [2.05, 4.69) is 36.1 Å². The maximum Gasteiger partial charge on any atom is 0.258 e. The van der Waals surface area contributed by atoms with E-state index >= 15 is 0 Å². The molecule has 0 atom stereocenters. The van der Waals surface area contributed by atoms with Gasteiger partial charge < -0.3 is 14.2 Å². The minimum atomic E-state index is -0.0264. The topological polar surface area (TPSA) is 92.3 Å². The fraction of sp³-hybridized carbons (Fsp3) is 0.407. The Bertz CT molecular complexity index is 1250. The second-order valence-electron chi connectivity index (χ2n) is 8.96. The van der Waals surface area contributed by atoms with Crippen molar-refractivity contribution in [3.63, 3.8) is 0 Å². The quantitative estimate of drug-likeness (QED) is 0.408. The number of amides is 1. The molecule has 2 aromatic carbocycles. The molecule has 0 unspecified atom stereocenters. The van der Waals surface area contributed by atoms with E-state index in [1.54, 1.807) is 12.1 Å². The van der Waals surface area contributed by atoms with Gasteiger partial charge in [-0.1, -0.05) is 30.6 Å². The van der Waals surface area contributed by atoms with E-state index in [1.807, 2.05) is 30.9 Å². The maximum atomic E-state index is 12.5. The Morgan fingerprint density at radius 2 is 2.09 bits per heavy atom. The Kier molecular flexibility index (Phi) is 8.52. The molecule has 0 aliphatic carbocycles. The number of carbonyl (C=O) groups is 1. The van der Waals surface area contributed by atoms with Gasteiger partial charge in [0.05, 0.1) is 11.7 Å². The van der Waals surface area contributed by atoms with Gasteiger partial charge in [-0.05, 0) is 68.5 Å². The summed E-state index contributed by atoms with van der Waals surface area (Å²) in [6, 6.07) is 11.5. The molecule has 0 N–H and O–H groups in total. The average Bonchev–Trinajstić information content (AvgIpc) is 3.32. The molecule has 0 spiro atoms. The number of ether oxygens (including phenoxy) is 1.